The van der Waals surface area contributed by atoms with Gasteiger partial charge in [0.15, 0.2) is 0 Å². The van der Waals surface area contributed by atoms with Crippen LogP contribution in [0.3, 0.4) is 0 Å². The van der Waals surface area contributed by atoms with Crippen molar-refractivity contribution in [2.75, 3.05) is 12.4 Å². The number of amides is 2. The molecule has 2 amide bonds. The maximum absolute atomic E-state index is 13.4. The Labute approximate surface area is 105 Å². The predicted octanol–water partition coefficient (Wildman–Crippen LogP) is 2.89. The van der Waals surface area contributed by atoms with E-state index in [9.17, 15) is 18.0 Å². The van der Waals surface area contributed by atoms with Crippen LogP contribution in [0.5, 0.6) is 0 Å². The third-order valence-electron chi connectivity index (χ3n) is 1.77. The van der Waals surface area contributed by atoms with Gasteiger partial charge in [0.25, 0.3) is 0 Å². The van der Waals surface area contributed by atoms with Crippen LogP contribution in [0.25, 0.3) is 0 Å². The van der Waals surface area contributed by atoms with Crippen LogP contribution in [0.1, 0.15) is 11.0 Å². The summed E-state index contributed by atoms with van der Waals surface area (Å²) >= 11 is 6.11. The molecule has 1 rings (SSSR count). The number of rotatable bonds is 5. The van der Waals surface area contributed by atoms with Gasteiger partial charge in [-0.25, -0.2) is 9.18 Å². The van der Waals surface area contributed by atoms with Crippen molar-refractivity contribution in [3.8, 4) is 0 Å². The lowest BCUT2D eigenvalue weighted by atomic mass is 10.2. The van der Waals surface area contributed by atoms with Gasteiger partial charge in [0.05, 0.1) is 0 Å². The Kier molecular flexibility index (Phi) is 5.07. The summed E-state index contributed by atoms with van der Waals surface area (Å²) in [5, 5.41) is 4.81. The normalized spacial score (nSPS) is 13.2. The van der Waals surface area contributed by atoms with Crippen LogP contribution in [-0.4, -0.2) is 24.5 Å². The monoisotopic (exact) mass is 286 g/mol. The molecule has 17 heavy (non-hydrogen) atoms. The van der Waals surface area contributed by atoms with E-state index in [1.54, 1.807) is 0 Å². The van der Waals surface area contributed by atoms with Gasteiger partial charge in [-0.05, 0) is 11.4 Å². The minimum absolute atomic E-state index is 0.0272. The molecule has 0 aromatic carbocycles. The number of carbonyl (C=O) groups excluding carboxylic acids is 1. The molecule has 96 valence electrons. The smallest absolute Gasteiger partial charge is 0.337 e. The summed E-state index contributed by atoms with van der Waals surface area (Å²) in [4.78, 5) is 10.8. The fourth-order valence-corrected chi connectivity index (χ4v) is 1.87. The minimum Gasteiger partial charge on any atom is -0.337 e. The zero-order chi connectivity index (χ0) is 12.9. The van der Waals surface area contributed by atoms with E-state index in [0.29, 0.717) is 0 Å². The fraction of sp³-hybridized carbons (Fsp3) is 0.444. The number of carbonyl (C=O) groups is 1. The molecule has 0 saturated carbocycles. The van der Waals surface area contributed by atoms with Crippen molar-refractivity contribution in [1.82, 2.24) is 10.6 Å². The van der Waals surface area contributed by atoms with Crippen molar-refractivity contribution >= 4 is 29.0 Å². The number of hydrogen-bond acceptors (Lipinski definition) is 2. The standard InChI is InChI=1S/C9H10ClF3N2OS/c10-3-4-14-8(16)15-9(12,13)7(11)6-2-1-5-17-6/h1-2,5,7H,3-4H2,(H2,14,15,16). The molecule has 8 heteroatoms. The van der Waals surface area contributed by atoms with Gasteiger partial charge in [-0.2, -0.15) is 8.78 Å². The van der Waals surface area contributed by atoms with E-state index >= 15 is 0 Å². The lowest BCUT2D eigenvalue weighted by molar-refractivity contribution is -0.0903. The van der Waals surface area contributed by atoms with E-state index in [2.05, 4.69) is 5.32 Å². The number of thiophene rings is 1. The molecule has 1 unspecified atom stereocenters. The molecule has 1 atom stereocenters. The lowest BCUT2D eigenvalue weighted by Gasteiger charge is -2.21. The topological polar surface area (TPSA) is 41.1 Å². The second kappa shape index (κ2) is 6.11. The zero-order valence-electron chi connectivity index (χ0n) is 8.55. The summed E-state index contributed by atoms with van der Waals surface area (Å²) in [5.41, 5.74) is 0. The molecule has 0 spiro atoms. The maximum Gasteiger partial charge on any atom is 0.362 e. The number of hydrogen-bond donors (Lipinski definition) is 2. The van der Waals surface area contributed by atoms with Crippen LogP contribution >= 0.6 is 22.9 Å². The first kappa shape index (κ1) is 14.1. The number of halogens is 4. The maximum atomic E-state index is 13.4. The summed E-state index contributed by atoms with van der Waals surface area (Å²) in [5.74, 6) is 0.0863. The van der Waals surface area contributed by atoms with Gasteiger partial charge in [-0.1, -0.05) is 6.07 Å². The molecule has 2 N–H and O–H groups in total. The zero-order valence-corrected chi connectivity index (χ0v) is 10.1. The van der Waals surface area contributed by atoms with Gasteiger partial charge < -0.3 is 5.32 Å². The van der Waals surface area contributed by atoms with Crippen molar-refractivity contribution in [1.29, 1.82) is 0 Å². The molecule has 0 aliphatic rings. The van der Waals surface area contributed by atoms with Crippen LogP contribution in [0.4, 0.5) is 18.0 Å². The second-order valence-electron chi connectivity index (χ2n) is 3.07. The first-order valence-electron chi connectivity index (χ1n) is 4.64. The van der Waals surface area contributed by atoms with E-state index in [4.69, 9.17) is 11.6 Å². The largest absolute Gasteiger partial charge is 0.362 e. The molecule has 0 saturated heterocycles. The molecular formula is C9H10ClF3N2OS. The van der Waals surface area contributed by atoms with Crippen molar-refractivity contribution in [2.24, 2.45) is 0 Å². The molecule has 1 heterocycles. The number of alkyl halides is 4. The highest BCUT2D eigenvalue weighted by Gasteiger charge is 2.43. The highest BCUT2D eigenvalue weighted by atomic mass is 35.5. The Hall–Kier alpha value is -0.950. The van der Waals surface area contributed by atoms with Crippen molar-refractivity contribution < 1.29 is 18.0 Å². The van der Waals surface area contributed by atoms with Crippen LogP contribution < -0.4 is 10.6 Å². The Balaban J connectivity index is 2.58. The third-order valence-corrected chi connectivity index (χ3v) is 2.87. The molecule has 1 aromatic heterocycles. The molecule has 0 bridgehead atoms. The Morgan fingerprint density at radius 3 is 2.82 bits per heavy atom. The number of urea groups is 1. The summed E-state index contributed by atoms with van der Waals surface area (Å²) in [7, 11) is 0. The molecule has 0 fully saturated rings. The summed E-state index contributed by atoms with van der Waals surface area (Å²) in [6.45, 7) is 0.0272. The minimum atomic E-state index is -3.96. The molecule has 3 nitrogen and oxygen atoms in total. The fourth-order valence-electron chi connectivity index (χ4n) is 1.03. The highest BCUT2D eigenvalue weighted by molar-refractivity contribution is 7.10. The van der Waals surface area contributed by atoms with E-state index in [1.165, 1.54) is 22.8 Å². The number of nitrogens with one attached hydrogen (secondary N) is 2. The molecule has 0 aliphatic heterocycles. The molecular weight excluding hydrogens is 277 g/mol. The van der Waals surface area contributed by atoms with Crippen molar-refractivity contribution in [2.45, 2.75) is 12.2 Å². The first-order valence-corrected chi connectivity index (χ1v) is 6.06. The Bertz CT molecular complexity index is 361. The van der Waals surface area contributed by atoms with Gasteiger partial charge in [-0.3, -0.25) is 5.32 Å². The molecule has 1 aromatic rings. The first-order chi connectivity index (χ1) is 7.97. The Morgan fingerprint density at radius 2 is 2.29 bits per heavy atom. The van der Waals surface area contributed by atoms with E-state index in [0.717, 1.165) is 11.3 Å². The average molecular weight is 287 g/mol. The van der Waals surface area contributed by atoms with Crippen LogP contribution in [0, 0.1) is 0 Å². The summed E-state index contributed by atoms with van der Waals surface area (Å²) < 4.78 is 40.0. The van der Waals surface area contributed by atoms with Gasteiger partial charge in [0.1, 0.15) is 0 Å². The van der Waals surface area contributed by atoms with Crippen LogP contribution in [0.2, 0.25) is 0 Å². The van der Waals surface area contributed by atoms with Crippen molar-refractivity contribution in [3.63, 3.8) is 0 Å². The van der Waals surface area contributed by atoms with Gasteiger partial charge in [-0.15, -0.1) is 22.9 Å². The molecule has 0 aliphatic carbocycles. The molecule has 0 radical (unpaired) electrons. The Morgan fingerprint density at radius 1 is 1.59 bits per heavy atom. The summed E-state index contributed by atoms with van der Waals surface area (Å²) in [6, 6.07) is -2.42. The van der Waals surface area contributed by atoms with Gasteiger partial charge in [0.2, 0.25) is 6.17 Å². The van der Waals surface area contributed by atoms with Crippen molar-refractivity contribution in [3.05, 3.63) is 22.4 Å². The van der Waals surface area contributed by atoms with E-state index < -0.39 is 18.2 Å². The van der Waals surface area contributed by atoms with E-state index in [1.807, 2.05) is 0 Å². The quantitative estimate of drug-likeness (QED) is 0.634. The van der Waals surface area contributed by atoms with Gasteiger partial charge in [0, 0.05) is 17.3 Å². The third kappa shape index (κ3) is 4.08. The summed E-state index contributed by atoms with van der Waals surface area (Å²) in [6.07, 6.45) is -2.57. The SMILES string of the molecule is O=C(NCCCl)NC(F)(F)C(F)c1cccs1. The average Bonchev–Trinajstić information content (AvgIpc) is 2.77. The lowest BCUT2D eigenvalue weighted by Crippen LogP contribution is -2.49. The van der Waals surface area contributed by atoms with Crippen LogP contribution in [0.15, 0.2) is 17.5 Å². The predicted molar refractivity (Wildman–Crippen MR) is 60.4 cm³/mol. The van der Waals surface area contributed by atoms with Crippen LogP contribution in [-0.2, 0) is 0 Å². The second-order valence-corrected chi connectivity index (χ2v) is 4.43. The highest BCUT2D eigenvalue weighted by Crippen LogP contribution is 2.34. The van der Waals surface area contributed by atoms with Gasteiger partial charge >= 0.3 is 12.1 Å². The van der Waals surface area contributed by atoms with E-state index in [-0.39, 0.29) is 17.3 Å².